The van der Waals surface area contributed by atoms with Gasteiger partial charge in [0.2, 0.25) is 11.8 Å². The second kappa shape index (κ2) is 8.89. The van der Waals surface area contributed by atoms with Crippen LogP contribution in [0.2, 0.25) is 0 Å². The number of hydrogen-bond donors (Lipinski definition) is 2. The Balaban J connectivity index is 1.87. The molecule has 4 nitrogen and oxygen atoms in total. The Morgan fingerprint density at radius 1 is 1.17 bits per heavy atom. The van der Waals surface area contributed by atoms with Gasteiger partial charge in [-0.25, -0.2) is 0 Å². The lowest BCUT2D eigenvalue weighted by Gasteiger charge is -2.21. The Labute approximate surface area is 151 Å². The Morgan fingerprint density at radius 2 is 1.88 bits per heavy atom. The van der Waals surface area contributed by atoms with E-state index in [0.717, 1.165) is 10.6 Å². The number of amides is 2. The van der Waals surface area contributed by atoms with Crippen LogP contribution in [0, 0.1) is 5.92 Å². The summed E-state index contributed by atoms with van der Waals surface area (Å²) in [5.41, 5.74) is 0.758. The molecule has 0 saturated heterocycles. The van der Waals surface area contributed by atoms with Gasteiger partial charge in [-0.05, 0) is 41.6 Å². The molecule has 1 atom stereocenters. The maximum absolute atomic E-state index is 12.3. The fraction of sp³-hybridized carbons (Fsp3) is 0.333. The molecule has 2 amide bonds. The monoisotopic (exact) mass is 362 g/mol. The lowest BCUT2D eigenvalue weighted by atomic mass is 10.0. The van der Waals surface area contributed by atoms with Crippen LogP contribution in [0.5, 0.6) is 0 Å². The molecule has 24 heavy (non-hydrogen) atoms. The summed E-state index contributed by atoms with van der Waals surface area (Å²) in [5.74, 6) is 0.643. The van der Waals surface area contributed by atoms with Crippen molar-refractivity contribution in [3.05, 3.63) is 46.7 Å². The number of nitrogens with one attached hydrogen (secondary N) is 2. The van der Waals surface area contributed by atoms with Crippen molar-refractivity contribution in [2.45, 2.75) is 31.7 Å². The van der Waals surface area contributed by atoms with E-state index in [9.17, 15) is 9.59 Å². The fourth-order valence-electron chi connectivity index (χ4n) is 2.24. The second-order valence-electron chi connectivity index (χ2n) is 5.80. The molecule has 0 aliphatic rings. The number of anilines is 1. The number of thioether (sulfide) groups is 1. The topological polar surface area (TPSA) is 58.2 Å². The molecule has 6 heteroatoms. The molecule has 2 N–H and O–H groups in total. The fourth-order valence-corrected chi connectivity index (χ4v) is 3.90. The first-order chi connectivity index (χ1) is 11.5. The summed E-state index contributed by atoms with van der Waals surface area (Å²) in [6.45, 7) is 5.70. The minimum Gasteiger partial charge on any atom is -0.347 e. The minimum absolute atomic E-state index is 0.0260. The van der Waals surface area contributed by atoms with Gasteiger partial charge in [-0.2, -0.15) is 0 Å². The third-order valence-corrected chi connectivity index (χ3v) is 5.34. The van der Waals surface area contributed by atoms with Gasteiger partial charge in [-0.3, -0.25) is 9.59 Å². The number of carbonyl (C=O) groups is 2. The van der Waals surface area contributed by atoms with E-state index in [1.54, 1.807) is 11.3 Å². The quantitative estimate of drug-likeness (QED) is 0.722. The molecule has 0 aliphatic carbocycles. The van der Waals surface area contributed by atoms with Crippen LogP contribution in [0.1, 0.15) is 31.7 Å². The van der Waals surface area contributed by atoms with Crippen molar-refractivity contribution in [3.63, 3.8) is 0 Å². The highest BCUT2D eigenvalue weighted by molar-refractivity contribution is 8.00. The van der Waals surface area contributed by atoms with Crippen LogP contribution in [0.4, 0.5) is 5.69 Å². The summed E-state index contributed by atoms with van der Waals surface area (Å²) in [5, 5.41) is 7.87. The predicted molar refractivity (Wildman–Crippen MR) is 102 cm³/mol. The van der Waals surface area contributed by atoms with E-state index in [1.165, 1.54) is 23.6 Å². The van der Waals surface area contributed by atoms with Crippen LogP contribution in [0.25, 0.3) is 0 Å². The van der Waals surface area contributed by atoms with E-state index in [0.29, 0.717) is 11.7 Å². The van der Waals surface area contributed by atoms with Crippen molar-refractivity contribution in [3.8, 4) is 0 Å². The van der Waals surface area contributed by atoms with Crippen molar-refractivity contribution in [2.24, 2.45) is 5.92 Å². The van der Waals surface area contributed by atoms with Gasteiger partial charge in [-0.1, -0.05) is 19.9 Å². The molecule has 1 aromatic carbocycles. The molecule has 0 bridgehead atoms. The summed E-state index contributed by atoms with van der Waals surface area (Å²) >= 11 is 3.15. The first-order valence-electron chi connectivity index (χ1n) is 7.79. The van der Waals surface area contributed by atoms with Gasteiger partial charge >= 0.3 is 0 Å². The normalized spacial score (nSPS) is 12.0. The average molecular weight is 363 g/mol. The van der Waals surface area contributed by atoms with Crippen LogP contribution in [0.3, 0.4) is 0 Å². The van der Waals surface area contributed by atoms with E-state index in [2.05, 4.69) is 30.5 Å². The number of rotatable bonds is 7. The van der Waals surface area contributed by atoms with Crippen molar-refractivity contribution in [1.29, 1.82) is 0 Å². The standard InChI is InChI=1S/C18H22N2O2S2/c1-12(2)18(16-5-4-10-23-16)20-17(22)11-24-15-8-6-14(7-9-15)19-13(3)21/h4-10,12,18H,11H2,1-3H3,(H,19,21)(H,20,22)/t18-/m0/s1. The highest BCUT2D eigenvalue weighted by Gasteiger charge is 2.19. The van der Waals surface area contributed by atoms with Gasteiger partial charge in [0.05, 0.1) is 11.8 Å². The molecule has 0 fully saturated rings. The van der Waals surface area contributed by atoms with Crippen LogP contribution in [-0.2, 0) is 9.59 Å². The Kier molecular flexibility index (Phi) is 6.87. The Hall–Kier alpha value is -1.79. The van der Waals surface area contributed by atoms with Crippen LogP contribution < -0.4 is 10.6 Å². The average Bonchev–Trinajstić information content (AvgIpc) is 3.05. The smallest absolute Gasteiger partial charge is 0.230 e. The molecule has 2 aromatic rings. The summed E-state index contributed by atoms with van der Waals surface area (Å²) in [4.78, 5) is 25.4. The predicted octanol–water partition coefficient (Wildman–Crippen LogP) is 4.31. The molecule has 0 saturated carbocycles. The van der Waals surface area contributed by atoms with E-state index >= 15 is 0 Å². The lowest BCUT2D eigenvalue weighted by Crippen LogP contribution is -2.32. The Bertz CT molecular complexity index is 667. The molecule has 0 aliphatic heterocycles. The molecule has 1 heterocycles. The Morgan fingerprint density at radius 3 is 2.42 bits per heavy atom. The van der Waals surface area contributed by atoms with Gasteiger partial charge in [0.15, 0.2) is 0 Å². The largest absolute Gasteiger partial charge is 0.347 e. The summed E-state index contributed by atoms with van der Waals surface area (Å²) in [7, 11) is 0. The maximum Gasteiger partial charge on any atom is 0.230 e. The van der Waals surface area contributed by atoms with Gasteiger partial charge in [-0.15, -0.1) is 23.1 Å². The van der Waals surface area contributed by atoms with Gasteiger partial charge < -0.3 is 10.6 Å². The zero-order chi connectivity index (χ0) is 17.5. The SMILES string of the molecule is CC(=O)Nc1ccc(SCC(=O)N[C@H](c2cccs2)C(C)C)cc1. The van der Waals surface area contributed by atoms with Crippen molar-refractivity contribution >= 4 is 40.6 Å². The van der Waals surface area contributed by atoms with Gasteiger partial charge in [0.1, 0.15) is 0 Å². The van der Waals surface area contributed by atoms with Crippen molar-refractivity contribution in [2.75, 3.05) is 11.1 Å². The van der Waals surface area contributed by atoms with Gasteiger partial charge in [0, 0.05) is 22.4 Å². The number of benzene rings is 1. The zero-order valence-electron chi connectivity index (χ0n) is 14.0. The summed E-state index contributed by atoms with van der Waals surface area (Å²) in [6, 6.07) is 11.6. The molecule has 0 radical (unpaired) electrons. The highest BCUT2D eigenvalue weighted by Crippen LogP contribution is 2.26. The third-order valence-electron chi connectivity index (χ3n) is 3.38. The molecule has 2 rings (SSSR count). The van der Waals surface area contributed by atoms with E-state index in [1.807, 2.05) is 35.7 Å². The third kappa shape index (κ3) is 5.69. The van der Waals surface area contributed by atoms with E-state index in [-0.39, 0.29) is 17.9 Å². The molecular formula is C18H22N2O2S2. The van der Waals surface area contributed by atoms with Gasteiger partial charge in [0.25, 0.3) is 0 Å². The van der Waals surface area contributed by atoms with Crippen molar-refractivity contribution < 1.29 is 9.59 Å². The van der Waals surface area contributed by atoms with Crippen molar-refractivity contribution in [1.82, 2.24) is 5.32 Å². The summed E-state index contributed by atoms with van der Waals surface area (Å²) < 4.78 is 0. The first kappa shape index (κ1) is 18.5. The molecule has 0 spiro atoms. The number of carbonyl (C=O) groups excluding carboxylic acids is 2. The molecular weight excluding hydrogens is 340 g/mol. The molecule has 0 unspecified atom stereocenters. The lowest BCUT2D eigenvalue weighted by molar-refractivity contribution is -0.119. The molecule has 1 aromatic heterocycles. The molecule has 128 valence electrons. The maximum atomic E-state index is 12.3. The first-order valence-corrected chi connectivity index (χ1v) is 9.65. The minimum atomic E-state index is -0.0944. The number of hydrogen-bond acceptors (Lipinski definition) is 4. The summed E-state index contributed by atoms with van der Waals surface area (Å²) in [6.07, 6.45) is 0. The second-order valence-corrected chi connectivity index (χ2v) is 7.83. The van der Waals surface area contributed by atoms with Crippen LogP contribution in [0.15, 0.2) is 46.7 Å². The zero-order valence-corrected chi connectivity index (χ0v) is 15.7. The van der Waals surface area contributed by atoms with Crippen LogP contribution in [-0.4, -0.2) is 17.6 Å². The van der Waals surface area contributed by atoms with Crippen LogP contribution >= 0.6 is 23.1 Å². The number of thiophene rings is 1. The van der Waals surface area contributed by atoms with E-state index in [4.69, 9.17) is 0 Å². The highest BCUT2D eigenvalue weighted by atomic mass is 32.2. The van der Waals surface area contributed by atoms with E-state index < -0.39 is 0 Å².